The number of benzene rings is 2. The topological polar surface area (TPSA) is 33.0 Å². The van der Waals surface area contributed by atoms with Gasteiger partial charge in [0, 0.05) is 4.47 Å². The third-order valence-corrected chi connectivity index (χ3v) is 3.28. The van der Waals surface area contributed by atoms with Gasteiger partial charge in [0.25, 0.3) is 0 Å². The van der Waals surface area contributed by atoms with Crippen LogP contribution in [0.3, 0.4) is 0 Å². The molecular weight excluding hydrogens is 365 g/mol. The predicted molar refractivity (Wildman–Crippen MR) is 73.0 cm³/mol. The third-order valence-electron chi connectivity index (χ3n) is 2.18. The van der Waals surface area contributed by atoms with Gasteiger partial charge in [-0.3, -0.25) is 0 Å². The smallest absolute Gasteiger partial charge is 0.145 e. The Hall–Kier alpha value is -1.38. The van der Waals surface area contributed by atoms with Crippen LogP contribution in [0.25, 0.3) is 0 Å². The highest BCUT2D eigenvalue weighted by Gasteiger charge is 2.07. The summed E-state index contributed by atoms with van der Waals surface area (Å²) < 4.78 is 19.7. The molecule has 0 spiro atoms. The van der Waals surface area contributed by atoms with Crippen LogP contribution in [-0.4, -0.2) is 0 Å². The molecule has 90 valence electrons. The number of rotatable bonds is 2. The Kier molecular flexibility index (Phi) is 4.00. The van der Waals surface area contributed by atoms with Crippen LogP contribution in [0.1, 0.15) is 5.56 Å². The Morgan fingerprint density at radius 1 is 1.11 bits per heavy atom. The fourth-order valence-electron chi connectivity index (χ4n) is 1.35. The molecule has 18 heavy (non-hydrogen) atoms. The molecular formula is C13H6Br2FNO. The molecule has 0 saturated heterocycles. The summed E-state index contributed by atoms with van der Waals surface area (Å²) in [6.45, 7) is 0. The number of nitrogens with zero attached hydrogens (tertiary/aromatic N) is 1. The van der Waals surface area contributed by atoms with E-state index in [1.807, 2.05) is 6.07 Å². The predicted octanol–water partition coefficient (Wildman–Crippen LogP) is 5.01. The molecule has 2 aromatic carbocycles. The zero-order valence-corrected chi connectivity index (χ0v) is 12.1. The van der Waals surface area contributed by atoms with E-state index in [0.29, 0.717) is 21.5 Å². The van der Waals surface area contributed by atoms with E-state index in [0.717, 1.165) is 4.47 Å². The first kappa shape index (κ1) is 13.1. The van der Waals surface area contributed by atoms with E-state index in [2.05, 4.69) is 31.9 Å². The standard InChI is InChI=1S/C13H6Br2FNO/c14-9-1-4-13(8(5-9)7-17)18-10-2-3-12(16)11(15)6-10/h1-6H. The van der Waals surface area contributed by atoms with Gasteiger partial charge in [-0.2, -0.15) is 5.26 Å². The second-order valence-corrected chi connectivity index (χ2v) is 5.20. The Labute approximate surface area is 120 Å². The van der Waals surface area contributed by atoms with Gasteiger partial charge in [0.05, 0.1) is 10.0 Å². The first-order valence-corrected chi connectivity index (χ1v) is 6.51. The zero-order chi connectivity index (χ0) is 13.1. The largest absolute Gasteiger partial charge is 0.456 e. The maximum Gasteiger partial charge on any atom is 0.145 e. The molecule has 0 saturated carbocycles. The molecule has 0 aliphatic heterocycles. The van der Waals surface area contributed by atoms with Crippen molar-refractivity contribution in [2.45, 2.75) is 0 Å². The van der Waals surface area contributed by atoms with Crippen molar-refractivity contribution in [2.24, 2.45) is 0 Å². The molecule has 0 heterocycles. The van der Waals surface area contributed by atoms with E-state index < -0.39 is 0 Å². The van der Waals surface area contributed by atoms with E-state index in [9.17, 15) is 4.39 Å². The van der Waals surface area contributed by atoms with Gasteiger partial charge in [0.2, 0.25) is 0 Å². The summed E-state index contributed by atoms with van der Waals surface area (Å²) in [6, 6.07) is 11.5. The van der Waals surface area contributed by atoms with Gasteiger partial charge in [-0.25, -0.2) is 4.39 Å². The van der Waals surface area contributed by atoms with Gasteiger partial charge in [-0.05, 0) is 52.3 Å². The highest BCUT2D eigenvalue weighted by atomic mass is 79.9. The normalized spacial score (nSPS) is 9.89. The Morgan fingerprint density at radius 2 is 1.89 bits per heavy atom. The minimum absolute atomic E-state index is 0.315. The van der Waals surface area contributed by atoms with Crippen molar-refractivity contribution in [3.05, 3.63) is 56.7 Å². The van der Waals surface area contributed by atoms with Gasteiger partial charge in [-0.15, -0.1) is 0 Å². The SMILES string of the molecule is N#Cc1cc(Br)ccc1Oc1ccc(F)c(Br)c1. The van der Waals surface area contributed by atoms with Crippen LogP contribution in [0, 0.1) is 17.1 Å². The first-order chi connectivity index (χ1) is 8.60. The monoisotopic (exact) mass is 369 g/mol. The second kappa shape index (κ2) is 5.51. The van der Waals surface area contributed by atoms with E-state index in [4.69, 9.17) is 10.00 Å². The Morgan fingerprint density at radius 3 is 2.56 bits per heavy atom. The Bertz CT molecular complexity index is 637. The molecule has 0 bridgehead atoms. The summed E-state index contributed by atoms with van der Waals surface area (Å²) in [7, 11) is 0. The van der Waals surface area contributed by atoms with Crippen LogP contribution in [0.5, 0.6) is 11.5 Å². The number of hydrogen-bond donors (Lipinski definition) is 0. The maximum atomic E-state index is 13.1. The van der Waals surface area contributed by atoms with Crippen LogP contribution >= 0.6 is 31.9 Å². The fraction of sp³-hybridized carbons (Fsp3) is 0. The van der Waals surface area contributed by atoms with Crippen molar-refractivity contribution in [1.29, 1.82) is 5.26 Å². The van der Waals surface area contributed by atoms with Crippen molar-refractivity contribution in [2.75, 3.05) is 0 Å². The summed E-state index contributed by atoms with van der Waals surface area (Å²) in [5, 5.41) is 9.00. The Balaban J connectivity index is 2.34. The van der Waals surface area contributed by atoms with Crippen LogP contribution in [-0.2, 0) is 0 Å². The molecule has 0 N–H and O–H groups in total. The lowest BCUT2D eigenvalue weighted by Crippen LogP contribution is -1.89. The van der Waals surface area contributed by atoms with Gasteiger partial charge in [0.15, 0.2) is 0 Å². The van der Waals surface area contributed by atoms with E-state index in [-0.39, 0.29) is 5.82 Å². The van der Waals surface area contributed by atoms with Crippen molar-refractivity contribution >= 4 is 31.9 Å². The molecule has 0 aromatic heterocycles. The van der Waals surface area contributed by atoms with Gasteiger partial charge in [-0.1, -0.05) is 15.9 Å². The highest BCUT2D eigenvalue weighted by Crippen LogP contribution is 2.29. The van der Waals surface area contributed by atoms with Crippen LogP contribution < -0.4 is 4.74 Å². The molecule has 0 aliphatic carbocycles. The maximum absolute atomic E-state index is 13.1. The molecule has 0 unspecified atom stereocenters. The lowest BCUT2D eigenvalue weighted by molar-refractivity contribution is 0.478. The van der Waals surface area contributed by atoms with Crippen molar-refractivity contribution in [3.63, 3.8) is 0 Å². The van der Waals surface area contributed by atoms with E-state index >= 15 is 0 Å². The summed E-state index contributed by atoms with van der Waals surface area (Å²) in [4.78, 5) is 0. The molecule has 2 nitrogen and oxygen atoms in total. The lowest BCUT2D eigenvalue weighted by atomic mass is 10.2. The van der Waals surface area contributed by atoms with Gasteiger partial charge < -0.3 is 4.74 Å². The minimum atomic E-state index is -0.362. The van der Waals surface area contributed by atoms with E-state index in [1.165, 1.54) is 18.2 Å². The number of hydrogen-bond acceptors (Lipinski definition) is 2. The molecule has 0 amide bonds. The highest BCUT2D eigenvalue weighted by molar-refractivity contribution is 9.10. The van der Waals surface area contributed by atoms with Gasteiger partial charge in [0.1, 0.15) is 23.4 Å². The fourth-order valence-corrected chi connectivity index (χ4v) is 2.06. The number of halogens is 3. The summed E-state index contributed by atoms with van der Waals surface area (Å²) in [5.41, 5.74) is 0.407. The van der Waals surface area contributed by atoms with Crippen molar-refractivity contribution in [1.82, 2.24) is 0 Å². The van der Waals surface area contributed by atoms with Crippen molar-refractivity contribution in [3.8, 4) is 17.6 Å². The quantitative estimate of drug-likeness (QED) is 0.743. The molecule has 0 aliphatic rings. The van der Waals surface area contributed by atoms with Gasteiger partial charge >= 0.3 is 0 Å². The summed E-state index contributed by atoms with van der Waals surface area (Å²) in [5.74, 6) is 0.528. The molecule has 0 atom stereocenters. The average molecular weight is 371 g/mol. The number of nitriles is 1. The van der Waals surface area contributed by atoms with Crippen molar-refractivity contribution < 1.29 is 9.13 Å². The zero-order valence-electron chi connectivity index (χ0n) is 8.95. The molecule has 5 heteroatoms. The third kappa shape index (κ3) is 2.89. The van der Waals surface area contributed by atoms with Crippen LogP contribution in [0.15, 0.2) is 45.3 Å². The second-order valence-electron chi connectivity index (χ2n) is 3.43. The molecule has 2 aromatic rings. The minimum Gasteiger partial charge on any atom is -0.456 e. The molecule has 0 radical (unpaired) electrons. The lowest BCUT2D eigenvalue weighted by Gasteiger charge is -2.08. The average Bonchev–Trinajstić information content (AvgIpc) is 2.36. The van der Waals surface area contributed by atoms with E-state index in [1.54, 1.807) is 18.2 Å². The summed E-state index contributed by atoms with van der Waals surface area (Å²) in [6.07, 6.45) is 0. The number of ether oxygens (including phenoxy) is 1. The van der Waals surface area contributed by atoms with Crippen LogP contribution in [0.4, 0.5) is 4.39 Å². The molecule has 2 rings (SSSR count). The molecule has 0 fully saturated rings. The van der Waals surface area contributed by atoms with Crippen LogP contribution in [0.2, 0.25) is 0 Å². The summed E-state index contributed by atoms with van der Waals surface area (Å²) >= 11 is 6.36. The first-order valence-electron chi connectivity index (χ1n) is 4.92.